The van der Waals surface area contributed by atoms with Gasteiger partial charge in [-0.25, -0.2) is 0 Å². The molecule has 0 unspecified atom stereocenters. The summed E-state index contributed by atoms with van der Waals surface area (Å²) >= 11 is 0. The summed E-state index contributed by atoms with van der Waals surface area (Å²) in [5.41, 5.74) is 4.17. The molecule has 0 radical (unpaired) electrons. The zero-order valence-corrected chi connectivity index (χ0v) is 13.5. The molecular weight excluding hydrogens is 270 g/mol. The quantitative estimate of drug-likeness (QED) is 0.853. The van der Waals surface area contributed by atoms with Gasteiger partial charge >= 0.3 is 0 Å². The number of hydrogen-bond acceptors (Lipinski definition) is 2. The third-order valence-electron chi connectivity index (χ3n) is 4.67. The number of ether oxygens (including phenoxy) is 1. The zero-order chi connectivity index (χ0) is 15.4. The van der Waals surface area contributed by atoms with Crippen LogP contribution in [0.2, 0.25) is 0 Å². The molecule has 0 aliphatic carbocycles. The van der Waals surface area contributed by atoms with Gasteiger partial charge in [-0.15, -0.1) is 0 Å². The van der Waals surface area contributed by atoms with Gasteiger partial charge in [0, 0.05) is 19.0 Å². The van der Waals surface area contributed by atoms with E-state index >= 15 is 0 Å². The third-order valence-corrected chi connectivity index (χ3v) is 4.67. The first-order chi connectivity index (χ1) is 10.7. The van der Waals surface area contributed by atoms with Crippen molar-refractivity contribution < 1.29 is 4.74 Å². The topological polar surface area (TPSA) is 12.5 Å². The van der Waals surface area contributed by atoms with E-state index < -0.39 is 0 Å². The van der Waals surface area contributed by atoms with Crippen molar-refractivity contribution in [1.29, 1.82) is 0 Å². The summed E-state index contributed by atoms with van der Waals surface area (Å²) in [6.07, 6.45) is 1.30. The Hall–Kier alpha value is -1.64. The van der Waals surface area contributed by atoms with E-state index in [9.17, 15) is 0 Å². The van der Waals surface area contributed by atoms with E-state index in [1.165, 1.54) is 16.7 Å². The maximum absolute atomic E-state index is 6.14. The highest BCUT2D eigenvalue weighted by Crippen LogP contribution is 2.29. The minimum Gasteiger partial charge on any atom is -0.375 e. The van der Waals surface area contributed by atoms with Gasteiger partial charge in [0.15, 0.2) is 0 Å². The lowest BCUT2D eigenvalue weighted by Crippen LogP contribution is -2.43. The Kier molecular flexibility index (Phi) is 4.91. The molecule has 0 saturated carbocycles. The van der Waals surface area contributed by atoms with Gasteiger partial charge in [0.25, 0.3) is 0 Å². The molecular formula is C20H25NO. The summed E-state index contributed by atoms with van der Waals surface area (Å²) < 4.78 is 6.14. The Morgan fingerprint density at radius 2 is 1.82 bits per heavy atom. The number of rotatable bonds is 4. The first kappa shape index (κ1) is 15.3. The van der Waals surface area contributed by atoms with Crippen LogP contribution in [0, 0.1) is 6.92 Å². The number of aryl methyl sites for hydroxylation is 1. The maximum atomic E-state index is 6.14. The van der Waals surface area contributed by atoms with Crippen LogP contribution in [-0.2, 0) is 11.2 Å². The van der Waals surface area contributed by atoms with E-state index in [1.54, 1.807) is 0 Å². The standard InChI is InChI=1S/C20H25NO/c1-16-8-6-7-11-18(16)14-19(17-9-4-3-5-10-17)20-15-21(2)12-13-22-20/h3-11,19-20H,12-15H2,1-2H3/t19-,20+/m0/s1. The van der Waals surface area contributed by atoms with Crippen molar-refractivity contribution in [3.8, 4) is 0 Å². The summed E-state index contributed by atoms with van der Waals surface area (Å²) in [6, 6.07) is 19.5. The van der Waals surface area contributed by atoms with Crippen LogP contribution in [0.3, 0.4) is 0 Å². The molecule has 1 heterocycles. The van der Waals surface area contributed by atoms with E-state index in [2.05, 4.69) is 73.5 Å². The van der Waals surface area contributed by atoms with Crippen molar-refractivity contribution in [2.24, 2.45) is 0 Å². The van der Waals surface area contributed by atoms with Crippen molar-refractivity contribution in [2.75, 3.05) is 26.7 Å². The molecule has 0 N–H and O–H groups in total. The van der Waals surface area contributed by atoms with E-state index in [0.717, 1.165) is 26.1 Å². The molecule has 2 aromatic rings. The summed E-state index contributed by atoms with van der Waals surface area (Å²) in [4.78, 5) is 2.38. The fourth-order valence-corrected chi connectivity index (χ4v) is 3.29. The van der Waals surface area contributed by atoms with Gasteiger partial charge in [-0.3, -0.25) is 0 Å². The van der Waals surface area contributed by atoms with Crippen LogP contribution in [0.1, 0.15) is 22.6 Å². The molecule has 2 heteroatoms. The molecule has 0 bridgehead atoms. The summed E-state index contributed by atoms with van der Waals surface area (Å²) in [5, 5.41) is 0. The molecule has 1 aliphatic rings. The molecule has 22 heavy (non-hydrogen) atoms. The third kappa shape index (κ3) is 3.57. The van der Waals surface area contributed by atoms with Crippen molar-refractivity contribution in [3.63, 3.8) is 0 Å². The van der Waals surface area contributed by atoms with Crippen molar-refractivity contribution in [2.45, 2.75) is 25.4 Å². The molecule has 0 amide bonds. The smallest absolute Gasteiger partial charge is 0.0774 e. The molecule has 0 spiro atoms. The molecule has 1 aliphatic heterocycles. The normalized spacial score (nSPS) is 20.7. The van der Waals surface area contributed by atoms with Gasteiger partial charge < -0.3 is 9.64 Å². The molecule has 1 fully saturated rings. The minimum atomic E-state index is 0.265. The summed E-state index contributed by atoms with van der Waals surface area (Å²) in [5.74, 6) is 0.407. The molecule has 2 nitrogen and oxygen atoms in total. The first-order valence-electron chi connectivity index (χ1n) is 8.13. The first-order valence-corrected chi connectivity index (χ1v) is 8.13. The van der Waals surface area contributed by atoms with Crippen LogP contribution in [0.15, 0.2) is 54.6 Å². The predicted octanol–water partition coefficient (Wildman–Crippen LogP) is 3.65. The fourth-order valence-electron chi connectivity index (χ4n) is 3.29. The number of nitrogens with zero attached hydrogens (tertiary/aromatic N) is 1. The highest BCUT2D eigenvalue weighted by atomic mass is 16.5. The average molecular weight is 295 g/mol. The van der Waals surface area contributed by atoms with Gasteiger partial charge in [0.1, 0.15) is 0 Å². The SMILES string of the molecule is Cc1ccccc1C[C@@H](c1ccccc1)[C@H]1CN(C)CCO1. The monoisotopic (exact) mass is 295 g/mol. The fraction of sp³-hybridized carbons (Fsp3) is 0.400. The molecule has 0 aromatic heterocycles. The van der Waals surface area contributed by atoms with Crippen LogP contribution in [0.5, 0.6) is 0 Å². The number of benzene rings is 2. The predicted molar refractivity (Wildman–Crippen MR) is 91.3 cm³/mol. The lowest BCUT2D eigenvalue weighted by Gasteiger charge is -2.35. The van der Waals surface area contributed by atoms with E-state index in [-0.39, 0.29) is 6.10 Å². The molecule has 1 saturated heterocycles. The Morgan fingerprint density at radius 3 is 2.55 bits per heavy atom. The van der Waals surface area contributed by atoms with Crippen LogP contribution < -0.4 is 0 Å². The van der Waals surface area contributed by atoms with E-state index in [4.69, 9.17) is 4.74 Å². The van der Waals surface area contributed by atoms with Crippen molar-refractivity contribution >= 4 is 0 Å². The molecule has 2 atom stereocenters. The summed E-state index contributed by atoms with van der Waals surface area (Å²) in [7, 11) is 2.19. The van der Waals surface area contributed by atoms with Crippen LogP contribution >= 0.6 is 0 Å². The van der Waals surface area contributed by atoms with Crippen molar-refractivity contribution in [3.05, 3.63) is 71.3 Å². The number of hydrogen-bond donors (Lipinski definition) is 0. The Bertz CT molecular complexity index is 596. The average Bonchev–Trinajstić information content (AvgIpc) is 2.55. The second kappa shape index (κ2) is 7.08. The van der Waals surface area contributed by atoms with Crippen LogP contribution in [-0.4, -0.2) is 37.7 Å². The van der Waals surface area contributed by atoms with Crippen molar-refractivity contribution in [1.82, 2.24) is 4.90 Å². The Balaban J connectivity index is 1.88. The highest BCUT2D eigenvalue weighted by Gasteiger charge is 2.28. The highest BCUT2D eigenvalue weighted by molar-refractivity contribution is 5.30. The molecule has 3 rings (SSSR count). The van der Waals surface area contributed by atoms with Crippen LogP contribution in [0.25, 0.3) is 0 Å². The largest absolute Gasteiger partial charge is 0.375 e. The molecule has 2 aromatic carbocycles. The Morgan fingerprint density at radius 1 is 1.09 bits per heavy atom. The van der Waals surface area contributed by atoms with E-state index in [1.807, 2.05) is 0 Å². The lowest BCUT2D eigenvalue weighted by atomic mass is 9.85. The van der Waals surface area contributed by atoms with Gasteiger partial charge in [0.2, 0.25) is 0 Å². The van der Waals surface area contributed by atoms with Gasteiger partial charge in [0.05, 0.1) is 12.7 Å². The van der Waals surface area contributed by atoms with Crippen LogP contribution in [0.4, 0.5) is 0 Å². The second-order valence-corrected chi connectivity index (χ2v) is 6.32. The summed E-state index contributed by atoms with van der Waals surface area (Å²) in [6.45, 7) is 5.07. The Labute approximate surface area is 133 Å². The molecule has 116 valence electrons. The zero-order valence-electron chi connectivity index (χ0n) is 13.5. The van der Waals surface area contributed by atoms with Gasteiger partial charge in [-0.05, 0) is 37.1 Å². The maximum Gasteiger partial charge on any atom is 0.0774 e. The van der Waals surface area contributed by atoms with E-state index in [0.29, 0.717) is 5.92 Å². The minimum absolute atomic E-state index is 0.265. The second-order valence-electron chi connectivity index (χ2n) is 6.32. The number of morpholine rings is 1. The van der Waals surface area contributed by atoms with Gasteiger partial charge in [-0.2, -0.15) is 0 Å². The van der Waals surface area contributed by atoms with Gasteiger partial charge in [-0.1, -0.05) is 54.6 Å². The lowest BCUT2D eigenvalue weighted by molar-refractivity contribution is -0.0335. The number of likely N-dealkylation sites (N-methyl/N-ethyl adjacent to an activating group) is 1.